The average Bonchev–Trinajstić information content (AvgIpc) is 4.21. The number of nitrogens with one attached hydrogen (secondary N) is 3. The number of hydrogen-bond acceptors (Lipinski definition) is 20. The van der Waals surface area contributed by atoms with Crippen LogP contribution in [0.25, 0.3) is 33.6 Å². The van der Waals surface area contributed by atoms with Gasteiger partial charge in [-0.25, -0.2) is 19.9 Å². The van der Waals surface area contributed by atoms with Crippen LogP contribution in [0.3, 0.4) is 0 Å². The summed E-state index contributed by atoms with van der Waals surface area (Å²) in [6, 6.07) is 10.8. The van der Waals surface area contributed by atoms with E-state index in [4.69, 9.17) is 54.0 Å². The standard InChI is InChI=1S/C22H24N6O5.C18H16ClN5O4.C4H9NO.ClH/c1-30-16-8-13(9-17(31-2)20(16)32-3)28-11-18(23-12-28)25-21-19-15(5-7-33-19)24-22(26-21)27-6-4-14(29)10-27;1-25-12-6-10(7-13(26-2)16(12)27-3)24-8-14(20-9-24)22-17-15-11(4-5-28-15)21-18(19)23-17;6-4-1-2-5-3-4;/h5,7-9,11-12,14,29H,4,6,10H2,1-3H3,(H,24,25,26);4-9H,1-3H3,(H,21,22,23);4-6H,1-3H2;1H/t14-;;4-;/m0.0./s1. The van der Waals surface area contributed by atoms with Crippen LogP contribution in [0.1, 0.15) is 12.8 Å². The highest BCUT2D eigenvalue weighted by molar-refractivity contribution is 6.28. The molecule has 6 aromatic heterocycles. The number of β-amino-alcohol motifs (C(OH)–C–C–N with tert-alkyl or cyclic N) is 2. The van der Waals surface area contributed by atoms with Gasteiger partial charge in [0.1, 0.15) is 35.3 Å². The number of aliphatic hydroxyl groups excluding tert-OH is 2. The van der Waals surface area contributed by atoms with E-state index in [1.54, 1.807) is 84.5 Å². The number of aromatic nitrogens is 8. The SMILES string of the molecule is COc1cc(-n2cnc(Nc3nc(Cl)nc4ccoc34)c2)cc(OC)c1OC.COc1cc(-n2cnc(Nc3nc(N4CC[C@H](O)C4)nc4ccoc34)c2)cc(OC)c1OC.Cl.O[C@H]1CCNC1. The highest BCUT2D eigenvalue weighted by Gasteiger charge is 2.25. The summed E-state index contributed by atoms with van der Waals surface area (Å²) in [4.78, 5) is 28.2. The van der Waals surface area contributed by atoms with Crippen molar-refractivity contribution in [2.75, 3.05) is 84.4 Å². The maximum atomic E-state index is 9.89. The Bertz CT molecular complexity index is 2890. The molecule has 24 heteroatoms. The first-order valence-corrected chi connectivity index (χ1v) is 21.2. The largest absolute Gasteiger partial charge is 0.493 e. The van der Waals surface area contributed by atoms with Crippen molar-refractivity contribution in [1.29, 1.82) is 0 Å². The third-order valence-electron chi connectivity index (χ3n) is 10.6. The highest BCUT2D eigenvalue weighted by atomic mass is 35.5. The zero-order valence-corrected chi connectivity index (χ0v) is 39.4. The monoisotopic (exact) mass is 976 g/mol. The van der Waals surface area contributed by atoms with Crippen LogP contribution in [-0.2, 0) is 0 Å². The minimum Gasteiger partial charge on any atom is -0.493 e. The van der Waals surface area contributed by atoms with E-state index in [0.29, 0.717) is 105 Å². The number of halogens is 2. The molecule has 22 nitrogen and oxygen atoms in total. The maximum absolute atomic E-state index is 9.89. The van der Waals surface area contributed by atoms with Crippen molar-refractivity contribution in [3.63, 3.8) is 0 Å². The fourth-order valence-electron chi connectivity index (χ4n) is 7.29. The van der Waals surface area contributed by atoms with Gasteiger partial charge in [-0.15, -0.1) is 12.4 Å². The zero-order valence-electron chi connectivity index (χ0n) is 37.8. The van der Waals surface area contributed by atoms with E-state index in [1.807, 2.05) is 39.9 Å². The molecular weight excluding hydrogens is 927 g/mol. The molecule has 2 aromatic carbocycles. The Hall–Kier alpha value is -7.24. The lowest BCUT2D eigenvalue weighted by molar-refractivity contribution is 0.196. The van der Waals surface area contributed by atoms with E-state index < -0.39 is 0 Å². The van der Waals surface area contributed by atoms with Crippen LogP contribution < -0.4 is 49.3 Å². The first-order valence-electron chi connectivity index (χ1n) is 20.8. The van der Waals surface area contributed by atoms with Crippen molar-refractivity contribution in [3.05, 3.63) is 79.3 Å². The van der Waals surface area contributed by atoms with Crippen LogP contribution in [0.15, 0.2) is 82.8 Å². The highest BCUT2D eigenvalue weighted by Crippen LogP contribution is 2.41. The Kier molecular flexibility index (Phi) is 15.8. The molecule has 2 aliphatic heterocycles. The van der Waals surface area contributed by atoms with Crippen molar-refractivity contribution < 1.29 is 47.5 Å². The second-order valence-corrected chi connectivity index (χ2v) is 15.2. The summed E-state index contributed by atoms with van der Waals surface area (Å²) in [7, 11) is 9.39. The van der Waals surface area contributed by atoms with Crippen molar-refractivity contribution in [1.82, 2.24) is 44.4 Å². The first kappa shape index (κ1) is 48.7. The Morgan fingerprint density at radius 3 is 1.57 bits per heavy atom. The molecule has 0 aliphatic carbocycles. The lowest BCUT2D eigenvalue weighted by Gasteiger charge is -2.16. The van der Waals surface area contributed by atoms with Gasteiger partial charge >= 0.3 is 0 Å². The number of rotatable bonds is 13. The molecule has 2 fully saturated rings. The van der Waals surface area contributed by atoms with E-state index >= 15 is 0 Å². The van der Waals surface area contributed by atoms with Crippen LogP contribution in [0.5, 0.6) is 34.5 Å². The van der Waals surface area contributed by atoms with Crippen molar-refractivity contribution in [2.45, 2.75) is 25.0 Å². The Balaban J connectivity index is 0.000000178. The number of fused-ring (bicyclic) bond motifs is 2. The fraction of sp³-hybridized carbons (Fsp3) is 0.318. The number of ether oxygens (including phenoxy) is 6. The summed E-state index contributed by atoms with van der Waals surface area (Å²) < 4.78 is 47.1. The third kappa shape index (κ3) is 10.8. The smallest absolute Gasteiger partial charge is 0.228 e. The first-order chi connectivity index (χ1) is 32.6. The lowest BCUT2D eigenvalue weighted by atomic mass is 10.2. The quantitative estimate of drug-likeness (QED) is 0.0791. The Morgan fingerprint density at radius 1 is 0.662 bits per heavy atom. The van der Waals surface area contributed by atoms with Gasteiger partial charge in [0.05, 0.1) is 91.2 Å². The van der Waals surface area contributed by atoms with Crippen molar-refractivity contribution in [2.24, 2.45) is 0 Å². The summed E-state index contributed by atoms with van der Waals surface area (Å²) in [6.45, 7) is 2.97. The van der Waals surface area contributed by atoms with Gasteiger partial charge in [0, 0.05) is 56.0 Å². The van der Waals surface area contributed by atoms with Crippen LogP contribution in [0, 0.1) is 0 Å². The van der Waals surface area contributed by atoms with Crippen molar-refractivity contribution in [3.8, 4) is 45.9 Å². The van der Waals surface area contributed by atoms with Gasteiger partial charge in [-0.3, -0.25) is 0 Å². The predicted molar refractivity (Wildman–Crippen MR) is 255 cm³/mol. The lowest BCUT2D eigenvalue weighted by Crippen LogP contribution is -2.23. The molecule has 5 N–H and O–H groups in total. The second kappa shape index (κ2) is 22.0. The molecule has 0 radical (unpaired) electrons. The van der Waals surface area contributed by atoms with Gasteiger partial charge in [0.25, 0.3) is 0 Å². The number of benzene rings is 2. The molecule has 2 aliphatic rings. The summed E-state index contributed by atoms with van der Waals surface area (Å²) in [6.07, 6.45) is 11.2. The van der Waals surface area contributed by atoms with Crippen LogP contribution in [-0.4, -0.2) is 130 Å². The molecule has 0 unspecified atom stereocenters. The van der Waals surface area contributed by atoms with Gasteiger partial charge < -0.3 is 77.5 Å². The predicted octanol–water partition coefficient (Wildman–Crippen LogP) is 6.34. The molecule has 2 atom stereocenters. The number of hydrogen-bond donors (Lipinski definition) is 5. The molecule has 0 saturated carbocycles. The fourth-order valence-corrected chi connectivity index (χ4v) is 7.47. The summed E-state index contributed by atoms with van der Waals surface area (Å²) in [5.41, 5.74) is 3.86. The minimum absolute atomic E-state index is 0. The summed E-state index contributed by atoms with van der Waals surface area (Å²) in [5.74, 6) is 5.76. The molecule has 8 aromatic rings. The number of methoxy groups -OCH3 is 6. The van der Waals surface area contributed by atoms with E-state index in [0.717, 1.165) is 30.9 Å². The molecule has 8 heterocycles. The molecule has 0 bridgehead atoms. The van der Waals surface area contributed by atoms with E-state index in [2.05, 4.69) is 45.9 Å². The topological polar surface area (TPSA) is 249 Å². The Morgan fingerprint density at radius 2 is 1.16 bits per heavy atom. The summed E-state index contributed by atoms with van der Waals surface area (Å²) in [5, 5.41) is 28.0. The molecule has 10 rings (SSSR count). The third-order valence-corrected chi connectivity index (χ3v) is 10.8. The van der Waals surface area contributed by atoms with Crippen molar-refractivity contribution >= 4 is 75.4 Å². The molecule has 2 saturated heterocycles. The number of imidazole rings is 2. The average molecular weight is 978 g/mol. The maximum Gasteiger partial charge on any atom is 0.228 e. The zero-order chi connectivity index (χ0) is 47.0. The molecule has 360 valence electrons. The molecular formula is C44H50Cl2N12O10. The normalized spacial score (nSPS) is 15.2. The minimum atomic E-state index is -0.376. The number of furan rings is 2. The molecule has 0 amide bonds. The van der Waals surface area contributed by atoms with Gasteiger partial charge in [-0.1, -0.05) is 0 Å². The number of aliphatic hydroxyl groups is 2. The van der Waals surface area contributed by atoms with Gasteiger partial charge in [0.15, 0.2) is 45.8 Å². The van der Waals surface area contributed by atoms with Gasteiger partial charge in [-0.2, -0.15) is 9.97 Å². The molecule has 0 spiro atoms. The number of nitrogens with zero attached hydrogens (tertiary/aromatic N) is 9. The number of anilines is 5. The molecule has 68 heavy (non-hydrogen) atoms. The van der Waals surface area contributed by atoms with Gasteiger partial charge in [0.2, 0.25) is 22.7 Å². The van der Waals surface area contributed by atoms with E-state index in [9.17, 15) is 5.11 Å². The van der Waals surface area contributed by atoms with Crippen LogP contribution in [0.2, 0.25) is 5.28 Å². The van der Waals surface area contributed by atoms with Crippen LogP contribution in [0.4, 0.5) is 29.2 Å². The second-order valence-electron chi connectivity index (χ2n) is 14.9. The Labute approximate surface area is 400 Å². The van der Waals surface area contributed by atoms with E-state index in [1.165, 1.54) is 6.26 Å². The van der Waals surface area contributed by atoms with Gasteiger partial charge in [-0.05, 0) is 31.0 Å². The van der Waals surface area contributed by atoms with Crippen LogP contribution >= 0.6 is 24.0 Å². The van der Waals surface area contributed by atoms with E-state index in [-0.39, 0.29) is 29.9 Å². The summed E-state index contributed by atoms with van der Waals surface area (Å²) >= 11 is 5.97.